The van der Waals surface area contributed by atoms with Crippen LogP contribution < -0.4 is 0 Å². The van der Waals surface area contributed by atoms with E-state index in [0.29, 0.717) is 0 Å². The first-order valence-electron chi connectivity index (χ1n) is 7.01. The Morgan fingerprint density at radius 1 is 0.684 bits per heavy atom. The quantitative estimate of drug-likeness (QED) is 0.509. The van der Waals surface area contributed by atoms with Gasteiger partial charge in [-0.2, -0.15) is 0 Å². The maximum absolute atomic E-state index is 4.12. The predicted octanol–water partition coefficient (Wildman–Crippen LogP) is 5.92. The molecule has 3 aromatic rings. The summed E-state index contributed by atoms with van der Waals surface area (Å²) in [6.45, 7) is 12.0. The Morgan fingerprint density at radius 2 is 1.26 bits per heavy atom. The van der Waals surface area contributed by atoms with E-state index in [4.69, 9.17) is 0 Å². The first kappa shape index (κ1) is 17.5. The van der Waals surface area contributed by atoms with Gasteiger partial charge in [0.25, 0.3) is 0 Å². The van der Waals surface area contributed by atoms with Crippen molar-refractivity contribution in [2.75, 3.05) is 0 Å². The maximum atomic E-state index is 4.12. The Bertz CT molecular complexity index is 523. The van der Waals surface area contributed by atoms with Crippen LogP contribution in [0.15, 0.2) is 36.9 Å². The molecular formula is C16H24N2S. The van der Waals surface area contributed by atoms with Crippen molar-refractivity contribution in [1.82, 2.24) is 9.97 Å². The molecule has 0 radical (unpaired) electrons. The van der Waals surface area contributed by atoms with Crippen LogP contribution >= 0.6 is 11.3 Å². The summed E-state index contributed by atoms with van der Waals surface area (Å²) in [4.78, 5) is 8.22. The van der Waals surface area contributed by atoms with Crippen LogP contribution in [0.3, 0.4) is 0 Å². The second-order valence-electron chi connectivity index (χ2n) is 2.85. The average Bonchev–Trinajstić information content (AvgIpc) is 2.92. The van der Waals surface area contributed by atoms with Crippen LogP contribution in [-0.2, 0) is 0 Å². The highest BCUT2D eigenvalue weighted by Crippen LogP contribution is 2.31. The second-order valence-corrected chi connectivity index (χ2v) is 3.93. The highest BCUT2D eigenvalue weighted by atomic mass is 32.1. The van der Waals surface area contributed by atoms with Crippen LogP contribution in [-0.4, -0.2) is 9.97 Å². The molecule has 2 nitrogen and oxygen atoms in total. The zero-order chi connectivity index (χ0) is 14.7. The molecule has 3 rings (SSSR count). The fourth-order valence-corrected chi connectivity index (χ4v) is 2.52. The fraction of sp³-hybridized carbons (Fsp3) is 0.375. The van der Waals surface area contributed by atoms with Crippen molar-refractivity contribution in [2.45, 2.75) is 41.5 Å². The minimum absolute atomic E-state index is 1.23. The second kappa shape index (κ2) is 10.4. The van der Waals surface area contributed by atoms with Gasteiger partial charge in [0.15, 0.2) is 0 Å². The van der Waals surface area contributed by atoms with Crippen molar-refractivity contribution in [1.29, 1.82) is 0 Å². The van der Waals surface area contributed by atoms with Gasteiger partial charge in [-0.3, -0.25) is 9.97 Å². The van der Waals surface area contributed by atoms with Crippen LogP contribution in [0.5, 0.6) is 0 Å². The molecule has 0 fully saturated rings. The van der Waals surface area contributed by atoms with Gasteiger partial charge in [-0.15, -0.1) is 11.3 Å². The molecule has 0 N–H and O–H groups in total. The Morgan fingerprint density at radius 3 is 1.95 bits per heavy atom. The summed E-state index contributed by atoms with van der Waals surface area (Å²) in [5, 5.41) is 2.48. The largest absolute Gasteiger partial charge is 0.264 e. The van der Waals surface area contributed by atoms with Crippen LogP contribution in [0.2, 0.25) is 0 Å². The highest BCUT2D eigenvalue weighted by molar-refractivity contribution is 7.25. The molecule has 0 amide bonds. The molecule has 3 aromatic heterocycles. The number of fused-ring (bicyclic) bond motifs is 3. The van der Waals surface area contributed by atoms with E-state index in [0.717, 1.165) is 0 Å². The number of thiophene rings is 1. The summed E-state index contributed by atoms with van der Waals surface area (Å²) in [6.07, 6.45) is 7.46. The molecule has 0 aliphatic carbocycles. The minimum Gasteiger partial charge on any atom is -0.264 e. The molecule has 104 valence electrons. The van der Waals surface area contributed by atoms with Gasteiger partial charge >= 0.3 is 0 Å². The van der Waals surface area contributed by atoms with Crippen molar-refractivity contribution >= 4 is 31.5 Å². The first-order valence-corrected chi connectivity index (χ1v) is 7.83. The number of pyridine rings is 2. The minimum atomic E-state index is 1.23. The summed E-state index contributed by atoms with van der Waals surface area (Å²) in [7, 11) is 0. The normalized spacial score (nSPS) is 8.53. The zero-order valence-electron chi connectivity index (χ0n) is 12.8. The Hall–Kier alpha value is -1.48. The van der Waals surface area contributed by atoms with Crippen molar-refractivity contribution in [3.8, 4) is 0 Å². The molecule has 0 bridgehead atoms. The first-order chi connectivity index (χ1) is 9.45. The maximum Gasteiger partial charge on any atom is 0.0539 e. The summed E-state index contributed by atoms with van der Waals surface area (Å²) in [6, 6.07) is 4.08. The van der Waals surface area contributed by atoms with Gasteiger partial charge in [-0.05, 0) is 12.1 Å². The highest BCUT2D eigenvalue weighted by Gasteiger charge is 2.02. The molecule has 0 aliphatic heterocycles. The van der Waals surface area contributed by atoms with E-state index in [-0.39, 0.29) is 0 Å². The van der Waals surface area contributed by atoms with Gasteiger partial charge < -0.3 is 0 Å². The topological polar surface area (TPSA) is 25.8 Å². The predicted molar refractivity (Wildman–Crippen MR) is 89.0 cm³/mol. The molecule has 0 saturated carbocycles. The van der Waals surface area contributed by atoms with E-state index in [1.54, 1.807) is 11.3 Å². The lowest BCUT2D eigenvalue weighted by atomic mass is 10.2. The van der Waals surface area contributed by atoms with E-state index in [1.807, 2.05) is 78.5 Å². The average molecular weight is 276 g/mol. The lowest BCUT2D eigenvalue weighted by Gasteiger charge is -1.87. The monoisotopic (exact) mass is 276 g/mol. The molecule has 0 saturated heterocycles. The third kappa shape index (κ3) is 4.28. The lowest BCUT2D eigenvalue weighted by Crippen LogP contribution is -1.69. The Labute approximate surface area is 120 Å². The molecule has 3 heterocycles. The lowest BCUT2D eigenvalue weighted by molar-refractivity contribution is 1.36. The SMILES string of the molecule is CC.CC.CC.c1cc2c(cn1)sc1ccncc12. The number of nitrogens with zero attached hydrogens (tertiary/aromatic N) is 2. The zero-order valence-corrected chi connectivity index (χ0v) is 13.6. The summed E-state index contributed by atoms with van der Waals surface area (Å²) < 4.78 is 2.50. The standard InChI is InChI=1S/C10H6N2S.3C2H6/c1-3-12-6-10-7(1)8-5-11-4-2-9(8)13-10;3*1-2/h1-6H;3*1-2H3. The van der Waals surface area contributed by atoms with Gasteiger partial charge in [0.1, 0.15) is 0 Å². The molecule has 0 aliphatic rings. The fourth-order valence-electron chi connectivity index (χ4n) is 1.48. The third-order valence-electron chi connectivity index (χ3n) is 2.08. The number of hydrogen-bond acceptors (Lipinski definition) is 3. The van der Waals surface area contributed by atoms with Crippen molar-refractivity contribution < 1.29 is 0 Å². The van der Waals surface area contributed by atoms with Crippen LogP contribution in [0.25, 0.3) is 20.2 Å². The van der Waals surface area contributed by atoms with Crippen LogP contribution in [0.4, 0.5) is 0 Å². The van der Waals surface area contributed by atoms with Gasteiger partial charge in [0.2, 0.25) is 0 Å². The van der Waals surface area contributed by atoms with Gasteiger partial charge in [-0.25, -0.2) is 0 Å². The smallest absolute Gasteiger partial charge is 0.0539 e. The van der Waals surface area contributed by atoms with Crippen molar-refractivity contribution in [3.63, 3.8) is 0 Å². The molecule has 3 heteroatoms. The number of rotatable bonds is 0. The van der Waals surface area contributed by atoms with Gasteiger partial charge in [-0.1, -0.05) is 41.5 Å². The molecule has 0 unspecified atom stereocenters. The van der Waals surface area contributed by atoms with Crippen LogP contribution in [0, 0.1) is 0 Å². The van der Waals surface area contributed by atoms with Crippen molar-refractivity contribution in [2.24, 2.45) is 0 Å². The number of hydrogen-bond donors (Lipinski definition) is 0. The summed E-state index contributed by atoms with van der Waals surface area (Å²) >= 11 is 1.76. The molecule has 19 heavy (non-hydrogen) atoms. The van der Waals surface area contributed by atoms with Gasteiger partial charge in [0, 0.05) is 40.3 Å². The van der Waals surface area contributed by atoms with E-state index >= 15 is 0 Å². The molecule has 0 spiro atoms. The van der Waals surface area contributed by atoms with Crippen LogP contribution in [0.1, 0.15) is 41.5 Å². The Balaban J connectivity index is 0.000000482. The van der Waals surface area contributed by atoms with E-state index in [1.165, 1.54) is 20.2 Å². The summed E-state index contributed by atoms with van der Waals surface area (Å²) in [5.74, 6) is 0. The number of aromatic nitrogens is 2. The Kier molecular flexibility index (Phi) is 9.63. The van der Waals surface area contributed by atoms with E-state index in [9.17, 15) is 0 Å². The van der Waals surface area contributed by atoms with Gasteiger partial charge in [0.05, 0.1) is 4.70 Å². The van der Waals surface area contributed by atoms with E-state index < -0.39 is 0 Å². The van der Waals surface area contributed by atoms with Crippen molar-refractivity contribution in [3.05, 3.63) is 36.9 Å². The molecule has 0 aromatic carbocycles. The molecule has 0 atom stereocenters. The van der Waals surface area contributed by atoms with E-state index in [2.05, 4.69) is 9.97 Å². The summed E-state index contributed by atoms with van der Waals surface area (Å²) in [5.41, 5.74) is 0. The third-order valence-corrected chi connectivity index (χ3v) is 3.20. The molecular weight excluding hydrogens is 252 g/mol.